The number of allylic oxidation sites excluding steroid dienone is 1. The fourth-order valence-electron chi connectivity index (χ4n) is 2.85. The number of pyridine rings is 1. The molecule has 0 bridgehead atoms. The predicted molar refractivity (Wildman–Crippen MR) is 81.3 cm³/mol. The minimum atomic E-state index is -0.703. The summed E-state index contributed by atoms with van der Waals surface area (Å²) in [4.78, 5) is 17.8. The maximum Gasteiger partial charge on any atom is 0.262 e. The van der Waals surface area contributed by atoms with Gasteiger partial charge in [-0.25, -0.2) is 0 Å². The normalized spacial score (nSPS) is 21.4. The van der Waals surface area contributed by atoms with Crippen molar-refractivity contribution in [1.29, 1.82) is 0 Å². The van der Waals surface area contributed by atoms with E-state index in [1.54, 1.807) is 6.20 Å². The van der Waals surface area contributed by atoms with Gasteiger partial charge in [-0.15, -0.1) is 0 Å². The highest BCUT2D eigenvalue weighted by molar-refractivity contribution is 5.12. The van der Waals surface area contributed by atoms with Crippen molar-refractivity contribution < 1.29 is 4.92 Å². The van der Waals surface area contributed by atoms with Crippen LogP contribution in [0.25, 0.3) is 0 Å². The van der Waals surface area contributed by atoms with E-state index in [1.165, 1.54) is 0 Å². The molecule has 2 atom stereocenters. The molecule has 21 heavy (non-hydrogen) atoms. The van der Waals surface area contributed by atoms with Gasteiger partial charge < -0.3 is 0 Å². The van der Waals surface area contributed by atoms with Crippen LogP contribution in [0.1, 0.15) is 26.0 Å². The van der Waals surface area contributed by atoms with E-state index in [4.69, 9.17) is 0 Å². The first-order valence-electron chi connectivity index (χ1n) is 7.33. The molecule has 1 aromatic rings. The molecule has 2 heterocycles. The molecule has 2 rings (SSSR count). The van der Waals surface area contributed by atoms with Crippen LogP contribution in [0.4, 0.5) is 0 Å². The molecule has 1 aliphatic rings. The van der Waals surface area contributed by atoms with E-state index in [2.05, 4.69) is 15.2 Å². The Labute approximate surface area is 125 Å². The van der Waals surface area contributed by atoms with E-state index >= 15 is 0 Å². The smallest absolute Gasteiger partial charge is 0.262 e. The SMILES string of the molecule is C/C=C(\CC)C(C1NCCN1Cc1ccccn1)[N+](=O)[O-]. The molecule has 6 nitrogen and oxygen atoms in total. The van der Waals surface area contributed by atoms with Crippen LogP contribution in [-0.4, -0.2) is 40.1 Å². The Balaban J connectivity index is 2.17. The Hall–Kier alpha value is -1.79. The fraction of sp³-hybridized carbons (Fsp3) is 0.533. The molecule has 2 unspecified atom stereocenters. The van der Waals surface area contributed by atoms with Crippen LogP contribution in [0.2, 0.25) is 0 Å². The lowest BCUT2D eigenvalue weighted by Crippen LogP contribution is -2.49. The summed E-state index contributed by atoms with van der Waals surface area (Å²) in [5.74, 6) is 0. The van der Waals surface area contributed by atoms with E-state index in [-0.39, 0.29) is 11.1 Å². The number of hydrogen-bond donors (Lipinski definition) is 1. The number of nitrogens with zero attached hydrogens (tertiary/aromatic N) is 3. The topological polar surface area (TPSA) is 71.3 Å². The highest BCUT2D eigenvalue weighted by Gasteiger charge is 2.40. The molecule has 0 aromatic carbocycles. The van der Waals surface area contributed by atoms with E-state index < -0.39 is 6.04 Å². The molecular formula is C15H22N4O2. The monoisotopic (exact) mass is 290 g/mol. The lowest BCUT2D eigenvalue weighted by molar-refractivity contribution is -0.520. The molecule has 1 saturated heterocycles. The number of nitro groups is 1. The molecule has 0 saturated carbocycles. The van der Waals surface area contributed by atoms with Crippen LogP contribution < -0.4 is 5.32 Å². The first kappa shape index (κ1) is 15.6. The van der Waals surface area contributed by atoms with Gasteiger partial charge in [0.2, 0.25) is 0 Å². The van der Waals surface area contributed by atoms with Crippen LogP contribution in [0.5, 0.6) is 0 Å². The fourth-order valence-corrected chi connectivity index (χ4v) is 2.85. The van der Waals surface area contributed by atoms with Crippen LogP contribution in [0.15, 0.2) is 36.0 Å². The maximum atomic E-state index is 11.5. The third-order valence-electron chi connectivity index (χ3n) is 3.92. The van der Waals surface area contributed by atoms with Crippen molar-refractivity contribution in [3.05, 3.63) is 51.9 Å². The summed E-state index contributed by atoms with van der Waals surface area (Å²) < 4.78 is 0. The van der Waals surface area contributed by atoms with Crippen molar-refractivity contribution >= 4 is 0 Å². The summed E-state index contributed by atoms with van der Waals surface area (Å²) in [6.45, 7) is 6.02. The van der Waals surface area contributed by atoms with Crippen molar-refractivity contribution in [3.8, 4) is 0 Å². The van der Waals surface area contributed by atoms with Gasteiger partial charge in [0.1, 0.15) is 6.17 Å². The molecule has 114 valence electrons. The van der Waals surface area contributed by atoms with Crippen LogP contribution in [0.3, 0.4) is 0 Å². The summed E-state index contributed by atoms with van der Waals surface area (Å²) in [6, 6.07) is 5.06. The third kappa shape index (κ3) is 3.65. The second kappa shape index (κ2) is 7.28. The molecule has 0 radical (unpaired) electrons. The maximum absolute atomic E-state index is 11.5. The van der Waals surface area contributed by atoms with Gasteiger partial charge in [0, 0.05) is 36.3 Å². The van der Waals surface area contributed by atoms with E-state index in [1.807, 2.05) is 38.1 Å². The third-order valence-corrected chi connectivity index (χ3v) is 3.92. The molecule has 6 heteroatoms. The predicted octanol–water partition coefficient (Wildman–Crippen LogP) is 1.81. The second-order valence-electron chi connectivity index (χ2n) is 5.14. The van der Waals surface area contributed by atoms with Gasteiger partial charge in [-0.3, -0.25) is 25.3 Å². The first-order valence-corrected chi connectivity index (χ1v) is 7.33. The number of rotatable bonds is 6. The van der Waals surface area contributed by atoms with Crippen molar-refractivity contribution in [2.45, 2.75) is 39.0 Å². The number of hydrogen-bond acceptors (Lipinski definition) is 5. The highest BCUT2D eigenvalue weighted by atomic mass is 16.6. The van der Waals surface area contributed by atoms with Gasteiger partial charge in [0.25, 0.3) is 6.04 Å². The van der Waals surface area contributed by atoms with E-state index in [9.17, 15) is 10.1 Å². The molecule has 0 aliphatic carbocycles. The zero-order valence-electron chi connectivity index (χ0n) is 12.5. The summed E-state index contributed by atoms with van der Waals surface area (Å²) in [6.07, 6.45) is 4.04. The van der Waals surface area contributed by atoms with Gasteiger partial charge in [-0.05, 0) is 25.5 Å². The Morgan fingerprint density at radius 3 is 3.05 bits per heavy atom. The Kier molecular flexibility index (Phi) is 5.41. The van der Waals surface area contributed by atoms with Crippen molar-refractivity contribution in [3.63, 3.8) is 0 Å². The lowest BCUT2D eigenvalue weighted by atomic mass is 10.0. The number of nitrogens with one attached hydrogen (secondary N) is 1. The van der Waals surface area contributed by atoms with Gasteiger partial charge in [0.05, 0.1) is 5.69 Å². The van der Waals surface area contributed by atoms with Gasteiger partial charge >= 0.3 is 0 Å². The molecular weight excluding hydrogens is 268 g/mol. The zero-order valence-corrected chi connectivity index (χ0v) is 12.5. The molecule has 0 spiro atoms. The minimum absolute atomic E-state index is 0.173. The van der Waals surface area contributed by atoms with Crippen molar-refractivity contribution in [1.82, 2.24) is 15.2 Å². The van der Waals surface area contributed by atoms with Crippen LogP contribution in [0, 0.1) is 10.1 Å². The molecule has 0 amide bonds. The van der Waals surface area contributed by atoms with Gasteiger partial charge in [0.15, 0.2) is 0 Å². The van der Waals surface area contributed by atoms with Crippen LogP contribution >= 0.6 is 0 Å². The largest absolute Gasteiger partial charge is 0.294 e. The standard InChI is InChI=1S/C15H22N4O2/c1-3-12(4-2)14(19(20)21)15-17-9-10-18(15)11-13-7-5-6-8-16-13/h3,5-8,14-15,17H,4,9-11H2,1-2H3/b12-3+. The average molecular weight is 290 g/mol. The summed E-state index contributed by atoms with van der Waals surface area (Å²) >= 11 is 0. The molecule has 1 aromatic heterocycles. The number of aromatic nitrogens is 1. The van der Waals surface area contributed by atoms with Crippen LogP contribution in [-0.2, 0) is 6.54 Å². The Morgan fingerprint density at radius 2 is 2.48 bits per heavy atom. The molecule has 1 aliphatic heterocycles. The minimum Gasteiger partial charge on any atom is -0.294 e. The van der Waals surface area contributed by atoms with Crippen molar-refractivity contribution in [2.24, 2.45) is 0 Å². The summed E-state index contributed by atoms with van der Waals surface area (Å²) in [5, 5.41) is 14.8. The first-order chi connectivity index (χ1) is 10.2. The van der Waals surface area contributed by atoms with Gasteiger partial charge in [-0.2, -0.15) is 0 Å². The Bertz CT molecular complexity index is 504. The zero-order chi connectivity index (χ0) is 15.2. The second-order valence-corrected chi connectivity index (χ2v) is 5.14. The quantitative estimate of drug-likeness (QED) is 0.491. The van der Waals surface area contributed by atoms with E-state index in [0.717, 1.165) is 24.4 Å². The summed E-state index contributed by atoms with van der Waals surface area (Å²) in [5.41, 5.74) is 1.80. The lowest BCUT2D eigenvalue weighted by Gasteiger charge is -2.27. The van der Waals surface area contributed by atoms with E-state index in [0.29, 0.717) is 13.0 Å². The van der Waals surface area contributed by atoms with Crippen molar-refractivity contribution in [2.75, 3.05) is 13.1 Å². The molecule has 1 N–H and O–H groups in total. The molecule has 1 fully saturated rings. The van der Waals surface area contributed by atoms with Gasteiger partial charge in [-0.1, -0.05) is 19.1 Å². The average Bonchev–Trinajstić information content (AvgIpc) is 2.92. The summed E-state index contributed by atoms with van der Waals surface area (Å²) in [7, 11) is 0. The Morgan fingerprint density at radius 1 is 1.67 bits per heavy atom. The highest BCUT2D eigenvalue weighted by Crippen LogP contribution is 2.21.